The molecule has 0 radical (unpaired) electrons. The fourth-order valence-corrected chi connectivity index (χ4v) is 3.85. The number of carbonyl (C=O) groups excluding carboxylic acids is 2. The number of amides is 1. The van der Waals surface area contributed by atoms with Gasteiger partial charge in [-0.05, 0) is 74.9 Å². The van der Waals surface area contributed by atoms with E-state index in [1.165, 1.54) is 6.92 Å². The number of pyridine rings is 1. The summed E-state index contributed by atoms with van der Waals surface area (Å²) < 4.78 is 0. The molecule has 35 heavy (non-hydrogen) atoms. The van der Waals surface area contributed by atoms with Gasteiger partial charge in [0.1, 0.15) is 5.60 Å². The molecule has 0 aliphatic heterocycles. The van der Waals surface area contributed by atoms with Crippen LogP contribution in [0.3, 0.4) is 0 Å². The number of hydrogen-bond acceptors (Lipinski definition) is 4. The average Bonchev–Trinajstić information content (AvgIpc) is 3.63. The van der Waals surface area contributed by atoms with E-state index < -0.39 is 5.60 Å². The molecule has 1 amide bonds. The lowest BCUT2D eigenvalue weighted by atomic mass is 9.98. The Kier molecular flexibility index (Phi) is 10.6. The maximum Gasteiger partial charge on any atom is 0.253 e. The van der Waals surface area contributed by atoms with Crippen molar-refractivity contribution in [2.75, 3.05) is 13.1 Å². The van der Waals surface area contributed by atoms with Gasteiger partial charge < -0.3 is 10.0 Å². The van der Waals surface area contributed by atoms with Crippen molar-refractivity contribution in [2.24, 2.45) is 0 Å². The van der Waals surface area contributed by atoms with Gasteiger partial charge in [0.05, 0.1) is 5.52 Å². The summed E-state index contributed by atoms with van der Waals surface area (Å²) in [7, 11) is 0. The van der Waals surface area contributed by atoms with Crippen molar-refractivity contribution in [1.29, 1.82) is 0 Å². The molecule has 1 aliphatic carbocycles. The lowest BCUT2D eigenvalue weighted by Gasteiger charge is -2.22. The van der Waals surface area contributed by atoms with Crippen molar-refractivity contribution in [3.63, 3.8) is 0 Å². The maximum absolute atomic E-state index is 12.8. The molecule has 1 fully saturated rings. The van der Waals surface area contributed by atoms with Gasteiger partial charge in [-0.2, -0.15) is 0 Å². The number of nitrogens with zero attached hydrogens (tertiary/aromatic N) is 2. The maximum atomic E-state index is 12.8. The van der Waals surface area contributed by atoms with Gasteiger partial charge in [0.15, 0.2) is 5.78 Å². The number of carbonyl (C=O) groups is 2. The molecule has 1 aromatic heterocycles. The van der Waals surface area contributed by atoms with Crippen molar-refractivity contribution in [1.82, 2.24) is 9.88 Å². The number of rotatable bonds is 7. The molecule has 0 saturated heterocycles. The zero-order valence-electron chi connectivity index (χ0n) is 22.1. The molecule has 1 heterocycles. The van der Waals surface area contributed by atoms with Gasteiger partial charge in [0, 0.05) is 35.8 Å². The summed E-state index contributed by atoms with van der Waals surface area (Å²) in [6.45, 7) is 13.3. The number of Topliss-reactive ketones (excluding diaryl/α,β-unsaturated/α-hetero) is 1. The number of ketones is 1. The number of aliphatic hydroxyl groups is 1. The van der Waals surface area contributed by atoms with Crippen LogP contribution in [-0.4, -0.2) is 45.4 Å². The van der Waals surface area contributed by atoms with E-state index in [4.69, 9.17) is 5.11 Å². The van der Waals surface area contributed by atoms with Crippen LogP contribution in [0.15, 0.2) is 54.7 Å². The van der Waals surface area contributed by atoms with Gasteiger partial charge in [-0.1, -0.05) is 52.0 Å². The van der Waals surface area contributed by atoms with Crippen LogP contribution in [-0.2, 0) is 4.79 Å². The standard InChI is InChI=1S/C23H26N2O.C5H8O2.C2H6/c1-4-12-25(13-5-2)23(26)19-10-11-21(17(3)14-19)20-15-18-8-6-7-9-22(18)24-16-20;1-4(6)5(7)2-3-5;1-2/h6-11,14-16H,4-5,12-13H2,1-3H3;7H,2-3H2,1H3;1-2H3. The minimum atomic E-state index is -0.889. The quantitative estimate of drug-likeness (QED) is 0.417. The summed E-state index contributed by atoms with van der Waals surface area (Å²) in [4.78, 5) is 29.6. The van der Waals surface area contributed by atoms with Crippen molar-refractivity contribution < 1.29 is 14.7 Å². The van der Waals surface area contributed by atoms with E-state index in [9.17, 15) is 9.59 Å². The predicted octanol–water partition coefficient (Wildman–Crippen LogP) is 6.60. The number of aromatic nitrogens is 1. The Labute approximate surface area is 210 Å². The van der Waals surface area contributed by atoms with E-state index in [0.717, 1.165) is 59.1 Å². The van der Waals surface area contributed by atoms with Gasteiger partial charge in [0.2, 0.25) is 0 Å². The Morgan fingerprint density at radius 1 is 1.00 bits per heavy atom. The second-order valence-electron chi connectivity index (χ2n) is 8.83. The van der Waals surface area contributed by atoms with Crippen LogP contribution in [0.5, 0.6) is 0 Å². The van der Waals surface area contributed by atoms with Crippen LogP contribution in [0.1, 0.15) is 76.2 Å². The minimum absolute atomic E-state index is 0.0903. The molecule has 1 aliphatic rings. The highest BCUT2D eigenvalue weighted by molar-refractivity contribution is 5.95. The summed E-state index contributed by atoms with van der Waals surface area (Å²) in [5, 5.41) is 9.98. The first kappa shape index (κ1) is 28.2. The summed E-state index contributed by atoms with van der Waals surface area (Å²) in [6.07, 6.45) is 5.20. The number of benzene rings is 2. The fraction of sp³-hybridized carbons (Fsp3) is 0.433. The van der Waals surface area contributed by atoms with Crippen LogP contribution in [0, 0.1) is 6.92 Å². The second-order valence-corrected chi connectivity index (χ2v) is 8.83. The Bertz CT molecular complexity index is 1130. The monoisotopic (exact) mass is 476 g/mol. The van der Waals surface area contributed by atoms with E-state index in [-0.39, 0.29) is 11.7 Å². The Hall–Kier alpha value is -3.05. The first-order valence-electron chi connectivity index (χ1n) is 12.8. The SMILES string of the molecule is CC.CC(=O)C1(O)CC1.CCCN(CCC)C(=O)c1ccc(-c2cnc3ccccc3c2)c(C)c1. The number of para-hydroxylation sites is 1. The third kappa shape index (κ3) is 7.46. The number of fused-ring (bicyclic) bond motifs is 1. The predicted molar refractivity (Wildman–Crippen MR) is 145 cm³/mol. The van der Waals surface area contributed by atoms with Gasteiger partial charge in [-0.25, -0.2) is 0 Å². The second kappa shape index (κ2) is 13.1. The summed E-state index contributed by atoms with van der Waals surface area (Å²) in [6, 6.07) is 16.3. The molecule has 1 saturated carbocycles. The van der Waals surface area contributed by atoms with Crippen molar-refractivity contribution >= 4 is 22.6 Å². The highest BCUT2D eigenvalue weighted by Crippen LogP contribution is 2.35. The highest BCUT2D eigenvalue weighted by Gasteiger charge is 2.44. The van der Waals surface area contributed by atoms with Crippen molar-refractivity contribution in [2.45, 2.75) is 72.8 Å². The van der Waals surface area contributed by atoms with Crippen molar-refractivity contribution in [3.05, 3.63) is 65.9 Å². The normalized spacial score (nSPS) is 13.1. The molecule has 5 heteroatoms. The van der Waals surface area contributed by atoms with Gasteiger partial charge >= 0.3 is 0 Å². The Balaban J connectivity index is 0.000000407. The van der Waals surface area contributed by atoms with E-state index in [1.807, 2.05) is 61.3 Å². The van der Waals surface area contributed by atoms with Gasteiger partial charge in [0.25, 0.3) is 5.91 Å². The Morgan fingerprint density at radius 2 is 1.63 bits per heavy atom. The van der Waals surface area contributed by atoms with Crippen LogP contribution in [0.4, 0.5) is 0 Å². The zero-order chi connectivity index (χ0) is 26.0. The average molecular weight is 477 g/mol. The van der Waals surface area contributed by atoms with Gasteiger partial charge in [-0.15, -0.1) is 0 Å². The molecule has 5 nitrogen and oxygen atoms in total. The molecular formula is C30H40N2O3. The molecule has 4 rings (SSSR count). The van der Waals surface area contributed by atoms with Crippen LogP contribution < -0.4 is 0 Å². The number of aryl methyl sites for hydroxylation is 1. The number of hydrogen-bond donors (Lipinski definition) is 1. The van der Waals surface area contributed by atoms with E-state index in [2.05, 4.69) is 37.9 Å². The molecule has 0 spiro atoms. The van der Waals surface area contributed by atoms with E-state index in [1.54, 1.807) is 0 Å². The summed E-state index contributed by atoms with van der Waals surface area (Å²) >= 11 is 0. The molecule has 0 unspecified atom stereocenters. The smallest absolute Gasteiger partial charge is 0.253 e. The summed E-state index contributed by atoms with van der Waals surface area (Å²) in [5.41, 5.74) is 4.18. The molecular weight excluding hydrogens is 436 g/mol. The highest BCUT2D eigenvalue weighted by atomic mass is 16.3. The Morgan fingerprint density at radius 3 is 2.14 bits per heavy atom. The topological polar surface area (TPSA) is 70.5 Å². The molecule has 0 bridgehead atoms. The van der Waals surface area contributed by atoms with E-state index >= 15 is 0 Å². The molecule has 1 N–H and O–H groups in total. The van der Waals surface area contributed by atoms with E-state index in [0.29, 0.717) is 12.8 Å². The van der Waals surface area contributed by atoms with Crippen LogP contribution in [0.2, 0.25) is 0 Å². The fourth-order valence-electron chi connectivity index (χ4n) is 3.85. The lowest BCUT2D eigenvalue weighted by Crippen LogP contribution is -2.32. The third-order valence-electron chi connectivity index (χ3n) is 6.03. The minimum Gasteiger partial charge on any atom is -0.382 e. The first-order valence-corrected chi connectivity index (χ1v) is 12.8. The largest absolute Gasteiger partial charge is 0.382 e. The summed E-state index contributed by atoms with van der Waals surface area (Å²) in [5.74, 6) is 0.0347. The molecule has 188 valence electrons. The molecule has 3 aromatic rings. The van der Waals surface area contributed by atoms with Gasteiger partial charge in [-0.3, -0.25) is 14.6 Å². The zero-order valence-corrected chi connectivity index (χ0v) is 22.1. The van der Waals surface area contributed by atoms with Crippen molar-refractivity contribution in [3.8, 4) is 11.1 Å². The van der Waals surface area contributed by atoms with Crippen LogP contribution in [0.25, 0.3) is 22.0 Å². The molecule has 2 aromatic carbocycles. The third-order valence-corrected chi connectivity index (χ3v) is 6.03. The lowest BCUT2D eigenvalue weighted by molar-refractivity contribution is -0.126. The first-order chi connectivity index (χ1) is 16.8. The molecule has 0 atom stereocenters. The van der Waals surface area contributed by atoms with Crippen LogP contribution >= 0.6 is 0 Å².